The lowest BCUT2D eigenvalue weighted by atomic mass is 9.97. The van der Waals surface area contributed by atoms with Crippen LogP contribution in [0.15, 0.2) is 12.3 Å². The topological polar surface area (TPSA) is 84.9 Å². The Balaban J connectivity index is 2.03. The van der Waals surface area contributed by atoms with Gasteiger partial charge in [0.15, 0.2) is 11.5 Å². The minimum atomic E-state index is -0.583. The van der Waals surface area contributed by atoms with Crippen LogP contribution in [0.3, 0.4) is 0 Å². The van der Waals surface area contributed by atoms with E-state index >= 15 is 0 Å². The van der Waals surface area contributed by atoms with Gasteiger partial charge in [0, 0.05) is 24.8 Å². The van der Waals surface area contributed by atoms with Crippen molar-refractivity contribution in [3.05, 3.63) is 29.5 Å². The first-order chi connectivity index (χ1) is 12.5. The first-order valence-corrected chi connectivity index (χ1v) is 9.18. The van der Waals surface area contributed by atoms with Crippen molar-refractivity contribution >= 4 is 17.4 Å². The minimum Gasteiger partial charge on any atom is -0.444 e. The molecule has 1 amide bonds. The highest BCUT2D eigenvalue weighted by Gasteiger charge is 2.40. The summed E-state index contributed by atoms with van der Waals surface area (Å²) in [6.45, 7) is 11.8. The number of nitrogens with one attached hydrogen (secondary N) is 1. The Labute approximate surface area is 158 Å². The van der Waals surface area contributed by atoms with Gasteiger partial charge in [-0.25, -0.2) is 14.2 Å². The highest BCUT2D eigenvalue weighted by atomic mass is 19.1. The molecule has 27 heavy (non-hydrogen) atoms. The number of amides is 1. The molecular formula is C19H28FN5O2. The van der Waals surface area contributed by atoms with Crippen molar-refractivity contribution in [1.82, 2.24) is 19.6 Å². The number of nitrogens with zero attached hydrogens (tertiary/aromatic N) is 3. The molecule has 8 heteroatoms. The molecular weight excluding hydrogens is 349 g/mol. The normalized spacial score (nSPS) is 23.7. The van der Waals surface area contributed by atoms with Crippen molar-refractivity contribution in [3.63, 3.8) is 0 Å². The number of fused-ring (bicyclic) bond motifs is 1. The summed E-state index contributed by atoms with van der Waals surface area (Å²) in [6, 6.07) is 0.710. The molecule has 0 aliphatic carbocycles. The third-order valence-electron chi connectivity index (χ3n) is 4.81. The Kier molecular flexibility index (Phi) is 4.80. The highest BCUT2D eigenvalue weighted by molar-refractivity contribution is 5.69. The van der Waals surface area contributed by atoms with Crippen LogP contribution < -0.4 is 11.1 Å². The molecule has 0 saturated carbocycles. The number of halogens is 1. The number of imidazole rings is 1. The molecule has 0 bridgehead atoms. The predicted molar refractivity (Wildman–Crippen MR) is 102 cm³/mol. The zero-order chi connectivity index (χ0) is 20.1. The van der Waals surface area contributed by atoms with Crippen LogP contribution in [0.2, 0.25) is 0 Å². The number of carbonyl (C=O) groups excluding carboxylic acids is 1. The third kappa shape index (κ3) is 3.58. The summed E-state index contributed by atoms with van der Waals surface area (Å²) in [5, 5.41) is 3.44. The van der Waals surface area contributed by atoms with Crippen LogP contribution in [0.25, 0.3) is 5.65 Å². The number of nitrogen functional groups attached to an aromatic ring is 1. The van der Waals surface area contributed by atoms with Crippen LogP contribution in [-0.4, -0.2) is 44.6 Å². The Bertz CT molecular complexity index is 873. The van der Waals surface area contributed by atoms with Crippen molar-refractivity contribution in [2.24, 2.45) is 0 Å². The maximum Gasteiger partial charge on any atom is 0.410 e. The second-order valence-electron chi connectivity index (χ2n) is 8.27. The Morgan fingerprint density at radius 2 is 2.07 bits per heavy atom. The largest absolute Gasteiger partial charge is 0.444 e. The van der Waals surface area contributed by atoms with Crippen LogP contribution in [0, 0.1) is 12.7 Å². The molecule has 2 aromatic heterocycles. The summed E-state index contributed by atoms with van der Waals surface area (Å²) in [5.74, 6) is -0.467. The number of pyridine rings is 1. The standard InChI is InChI=1S/C19H28FN5O2/c1-10-9-24-16(14(21)7-13(20)17(24)23-10)15-12(3)25(11(2)8-22-15)18(26)27-19(4,5)6/h7,9,11-12,15,22H,8,21H2,1-6H3/t11-,12-,15?/m0/s1. The molecule has 0 radical (unpaired) electrons. The number of aromatic nitrogens is 2. The molecule has 3 atom stereocenters. The number of ether oxygens (including phenoxy) is 1. The average Bonchev–Trinajstić information content (AvgIpc) is 2.89. The Morgan fingerprint density at radius 3 is 2.70 bits per heavy atom. The van der Waals surface area contributed by atoms with Gasteiger partial charge in [-0.15, -0.1) is 0 Å². The van der Waals surface area contributed by atoms with E-state index in [0.29, 0.717) is 23.6 Å². The van der Waals surface area contributed by atoms with Gasteiger partial charge in [0.2, 0.25) is 0 Å². The van der Waals surface area contributed by atoms with Crippen molar-refractivity contribution in [2.45, 2.75) is 65.3 Å². The van der Waals surface area contributed by atoms with E-state index in [0.717, 1.165) is 0 Å². The van der Waals surface area contributed by atoms with E-state index in [1.807, 2.05) is 34.6 Å². The highest BCUT2D eigenvalue weighted by Crippen LogP contribution is 2.32. The second kappa shape index (κ2) is 6.67. The molecule has 3 N–H and O–H groups in total. The van der Waals surface area contributed by atoms with Crippen molar-refractivity contribution < 1.29 is 13.9 Å². The summed E-state index contributed by atoms with van der Waals surface area (Å²) in [5.41, 5.74) is 7.54. The van der Waals surface area contributed by atoms with Crippen LogP contribution in [0.5, 0.6) is 0 Å². The molecule has 0 spiro atoms. The van der Waals surface area contributed by atoms with Gasteiger partial charge in [-0.05, 0) is 41.5 Å². The molecule has 7 nitrogen and oxygen atoms in total. The first kappa shape index (κ1) is 19.4. The molecule has 1 saturated heterocycles. The Hall–Kier alpha value is -2.35. The van der Waals surface area contributed by atoms with E-state index < -0.39 is 11.4 Å². The van der Waals surface area contributed by atoms with Gasteiger partial charge in [0.25, 0.3) is 0 Å². The number of piperazine rings is 1. The monoisotopic (exact) mass is 377 g/mol. The zero-order valence-corrected chi connectivity index (χ0v) is 16.7. The minimum absolute atomic E-state index is 0.0483. The SMILES string of the molecule is Cc1cn2c(C3NC[C@H](C)N(C(=O)OC(C)(C)C)[C@H]3C)c(N)cc(F)c2n1. The lowest BCUT2D eigenvalue weighted by molar-refractivity contribution is -0.00508. The third-order valence-corrected chi connectivity index (χ3v) is 4.81. The van der Waals surface area contributed by atoms with E-state index in [4.69, 9.17) is 10.5 Å². The van der Waals surface area contributed by atoms with Gasteiger partial charge in [0.1, 0.15) is 5.60 Å². The summed E-state index contributed by atoms with van der Waals surface area (Å²) < 4.78 is 21.6. The van der Waals surface area contributed by atoms with Crippen molar-refractivity contribution in [1.29, 1.82) is 0 Å². The molecule has 1 aliphatic rings. The maximum absolute atomic E-state index is 14.3. The first-order valence-electron chi connectivity index (χ1n) is 9.18. The molecule has 1 aliphatic heterocycles. The summed E-state index contributed by atoms with van der Waals surface area (Å²) in [6.07, 6.45) is 1.39. The number of anilines is 1. The van der Waals surface area contributed by atoms with E-state index in [9.17, 15) is 9.18 Å². The summed E-state index contributed by atoms with van der Waals surface area (Å²) in [4.78, 5) is 18.8. The zero-order valence-electron chi connectivity index (χ0n) is 16.7. The maximum atomic E-state index is 14.3. The van der Waals surface area contributed by atoms with Crippen molar-refractivity contribution in [2.75, 3.05) is 12.3 Å². The number of nitrogens with two attached hydrogens (primary N) is 1. The lowest BCUT2D eigenvalue weighted by Gasteiger charge is -2.44. The molecule has 1 unspecified atom stereocenters. The van der Waals surface area contributed by atoms with E-state index in [-0.39, 0.29) is 29.9 Å². The summed E-state index contributed by atoms with van der Waals surface area (Å²) in [7, 11) is 0. The smallest absolute Gasteiger partial charge is 0.410 e. The van der Waals surface area contributed by atoms with Gasteiger partial charge in [-0.1, -0.05) is 0 Å². The fraction of sp³-hybridized carbons (Fsp3) is 0.579. The average molecular weight is 377 g/mol. The van der Waals surface area contributed by atoms with Gasteiger partial charge in [-0.3, -0.25) is 9.30 Å². The van der Waals surface area contributed by atoms with Gasteiger partial charge in [0.05, 0.1) is 29.2 Å². The van der Waals surface area contributed by atoms with Crippen LogP contribution in [0.1, 0.15) is 52.0 Å². The second-order valence-corrected chi connectivity index (χ2v) is 8.27. The van der Waals surface area contributed by atoms with E-state index in [1.165, 1.54) is 6.07 Å². The fourth-order valence-corrected chi connectivity index (χ4v) is 3.71. The van der Waals surface area contributed by atoms with Crippen LogP contribution >= 0.6 is 0 Å². The number of aryl methyl sites for hydroxylation is 1. The fourth-order valence-electron chi connectivity index (χ4n) is 3.71. The van der Waals surface area contributed by atoms with Gasteiger partial charge >= 0.3 is 6.09 Å². The molecule has 1 fully saturated rings. The molecule has 148 valence electrons. The molecule has 2 aromatic rings. The van der Waals surface area contributed by atoms with Gasteiger partial charge in [-0.2, -0.15) is 0 Å². The molecule has 3 rings (SSSR count). The van der Waals surface area contributed by atoms with Crippen LogP contribution in [0.4, 0.5) is 14.9 Å². The number of carbonyl (C=O) groups is 1. The number of hydrogen-bond acceptors (Lipinski definition) is 5. The van der Waals surface area contributed by atoms with E-state index in [2.05, 4.69) is 10.3 Å². The van der Waals surface area contributed by atoms with Crippen LogP contribution in [-0.2, 0) is 4.74 Å². The van der Waals surface area contributed by atoms with Gasteiger partial charge < -0.3 is 15.8 Å². The number of rotatable bonds is 1. The Morgan fingerprint density at radius 1 is 1.41 bits per heavy atom. The quantitative estimate of drug-likeness (QED) is 0.798. The predicted octanol–water partition coefficient (Wildman–Crippen LogP) is 3.02. The molecule has 0 aromatic carbocycles. The van der Waals surface area contributed by atoms with E-state index in [1.54, 1.807) is 22.4 Å². The summed E-state index contributed by atoms with van der Waals surface area (Å²) >= 11 is 0. The lowest BCUT2D eigenvalue weighted by Crippen LogP contribution is -2.59. The number of hydrogen-bond donors (Lipinski definition) is 2. The van der Waals surface area contributed by atoms with Crippen molar-refractivity contribution in [3.8, 4) is 0 Å². The molecule has 3 heterocycles.